The molecule has 3 rings (SSSR count). The van der Waals surface area contributed by atoms with Crippen LogP contribution in [0.2, 0.25) is 0 Å². The van der Waals surface area contributed by atoms with Crippen LogP contribution in [0.15, 0.2) is 24.3 Å². The molecule has 1 amide bonds. The van der Waals surface area contributed by atoms with Crippen molar-refractivity contribution < 1.29 is 4.79 Å². The zero-order chi connectivity index (χ0) is 14.9. The maximum atomic E-state index is 12.8. The number of carbonyl (C=O) groups is 1. The van der Waals surface area contributed by atoms with Crippen molar-refractivity contribution in [3.63, 3.8) is 0 Å². The van der Waals surface area contributed by atoms with Gasteiger partial charge in [-0.15, -0.1) is 0 Å². The molecule has 0 bridgehead atoms. The highest BCUT2D eigenvalue weighted by Crippen LogP contribution is 2.40. The van der Waals surface area contributed by atoms with Gasteiger partial charge in [0.2, 0.25) is 5.91 Å². The van der Waals surface area contributed by atoms with E-state index in [0.29, 0.717) is 0 Å². The van der Waals surface area contributed by atoms with Crippen LogP contribution in [0.1, 0.15) is 43.2 Å². The highest BCUT2D eigenvalue weighted by Gasteiger charge is 2.44. The van der Waals surface area contributed by atoms with E-state index in [0.717, 1.165) is 44.9 Å². The minimum Gasteiger partial charge on any atom is -0.341 e. The van der Waals surface area contributed by atoms with Crippen LogP contribution in [0.4, 0.5) is 0 Å². The van der Waals surface area contributed by atoms with Crippen molar-refractivity contribution in [2.45, 2.75) is 51.0 Å². The number of likely N-dealkylation sites (N-methyl/N-ethyl adjacent to an activating group) is 1. The molecule has 3 heteroatoms. The van der Waals surface area contributed by atoms with Crippen molar-refractivity contribution in [3.05, 3.63) is 35.4 Å². The summed E-state index contributed by atoms with van der Waals surface area (Å²) < 4.78 is 0. The zero-order valence-corrected chi connectivity index (χ0v) is 12.6. The number of aryl methyl sites for hydroxylation is 1. The summed E-state index contributed by atoms with van der Waals surface area (Å²) in [5.41, 5.74) is 2.02. The Morgan fingerprint density at radius 2 is 1.95 bits per heavy atom. The second-order valence-corrected chi connectivity index (χ2v) is 6.48. The largest absolute Gasteiger partial charge is 0.341 e. The molecule has 1 fully saturated rings. The smallest absolute Gasteiger partial charge is 0.243 e. The predicted molar refractivity (Wildman–Crippen MR) is 81.5 cm³/mol. The molecule has 0 aliphatic heterocycles. The van der Waals surface area contributed by atoms with Crippen molar-refractivity contribution in [1.82, 2.24) is 4.90 Å². The summed E-state index contributed by atoms with van der Waals surface area (Å²) in [6.45, 7) is 0. The molecule has 0 saturated heterocycles. The maximum Gasteiger partial charge on any atom is 0.243 e. The van der Waals surface area contributed by atoms with Gasteiger partial charge in [-0.3, -0.25) is 4.79 Å². The molecule has 0 N–H and O–H groups in total. The number of benzene rings is 1. The van der Waals surface area contributed by atoms with E-state index >= 15 is 0 Å². The van der Waals surface area contributed by atoms with E-state index in [1.54, 1.807) is 0 Å². The average molecular weight is 282 g/mol. The number of nitriles is 1. The van der Waals surface area contributed by atoms with Crippen LogP contribution < -0.4 is 0 Å². The third-order valence-electron chi connectivity index (χ3n) is 5.27. The molecule has 1 aromatic carbocycles. The molecule has 110 valence electrons. The van der Waals surface area contributed by atoms with Crippen molar-refractivity contribution in [2.24, 2.45) is 5.41 Å². The Bertz CT molecular complexity index is 581. The first-order valence-corrected chi connectivity index (χ1v) is 7.91. The van der Waals surface area contributed by atoms with Crippen LogP contribution in [0.25, 0.3) is 0 Å². The fraction of sp³-hybridized carbons (Fsp3) is 0.556. The minimum atomic E-state index is -0.744. The summed E-state index contributed by atoms with van der Waals surface area (Å²) in [5, 5.41) is 9.49. The lowest BCUT2D eigenvalue weighted by Gasteiger charge is -2.36. The SMILES string of the molecule is CN(C(=O)C1(C#N)CCCC1)[C@@H]1CCc2ccccc2C1. The first-order chi connectivity index (χ1) is 10.2. The highest BCUT2D eigenvalue weighted by molar-refractivity contribution is 5.86. The number of carbonyl (C=O) groups excluding carboxylic acids is 1. The van der Waals surface area contributed by atoms with Gasteiger partial charge in [-0.25, -0.2) is 0 Å². The molecule has 0 spiro atoms. The Morgan fingerprint density at radius 3 is 2.62 bits per heavy atom. The molecular weight excluding hydrogens is 260 g/mol. The Balaban J connectivity index is 1.76. The number of rotatable bonds is 2. The molecule has 3 nitrogen and oxygen atoms in total. The summed E-state index contributed by atoms with van der Waals surface area (Å²) in [7, 11) is 1.89. The number of nitrogens with zero attached hydrogens (tertiary/aromatic N) is 2. The van der Waals surface area contributed by atoms with Gasteiger partial charge in [0, 0.05) is 13.1 Å². The molecule has 21 heavy (non-hydrogen) atoms. The van der Waals surface area contributed by atoms with Gasteiger partial charge >= 0.3 is 0 Å². The van der Waals surface area contributed by atoms with Gasteiger partial charge in [0.25, 0.3) is 0 Å². The van der Waals surface area contributed by atoms with Crippen molar-refractivity contribution in [3.8, 4) is 6.07 Å². The van der Waals surface area contributed by atoms with E-state index in [9.17, 15) is 10.1 Å². The standard InChI is InChI=1S/C18H22N2O/c1-20(17(21)18(13-19)10-4-5-11-18)16-9-8-14-6-2-3-7-15(14)12-16/h2-3,6-7,16H,4-5,8-12H2,1H3/t16-/m1/s1. The second kappa shape index (κ2) is 5.52. The summed E-state index contributed by atoms with van der Waals surface area (Å²) in [6.07, 6.45) is 6.41. The molecule has 1 aromatic rings. The topological polar surface area (TPSA) is 44.1 Å². The zero-order valence-electron chi connectivity index (χ0n) is 12.6. The van der Waals surface area contributed by atoms with Crippen LogP contribution in [-0.4, -0.2) is 23.9 Å². The van der Waals surface area contributed by atoms with Crippen LogP contribution >= 0.6 is 0 Å². The van der Waals surface area contributed by atoms with Gasteiger partial charge in [-0.1, -0.05) is 37.1 Å². The first-order valence-electron chi connectivity index (χ1n) is 7.91. The van der Waals surface area contributed by atoms with Crippen LogP contribution in [-0.2, 0) is 17.6 Å². The fourth-order valence-electron chi connectivity index (χ4n) is 3.86. The Morgan fingerprint density at radius 1 is 1.29 bits per heavy atom. The Hall–Kier alpha value is -1.82. The first kappa shape index (κ1) is 14.1. The third kappa shape index (κ3) is 2.44. The molecule has 1 atom stereocenters. The number of hydrogen-bond donors (Lipinski definition) is 0. The molecule has 0 unspecified atom stereocenters. The highest BCUT2D eigenvalue weighted by atomic mass is 16.2. The molecule has 1 saturated carbocycles. The van der Waals surface area contributed by atoms with Crippen molar-refractivity contribution in [1.29, 1.82) is 5.26 Å². The van der Waals surface area contributed by atoms with E-state index in [-0.39, 0.29) is 11.9 Å². The van der Waals surface area contributed by atoms with Gasteiger partial charge in [-0.05, 0) is 43.2 Å². The molecule has 0 heterocycles. The van der Waals surface area contributed by atoms with Gasteiger partial charge in [0.05, 0.1) is 6.07 Å². The van der Waals surface area contributed by atoms with E-state index in [1.807, 2.05) is 11.9 Å². The van der Waals surface area contributed by atoms with Gasteiger partial charge in [-0.2, -0.15) is 5.26 Å². The predicted octanol–water partition coefficient (Wildman–Crippen LogP) is 3.09. The molecule has 2 aliphatic carbocycles. The molecule has 2 aliphatic rings. The normalized spacial score (nSPS) is 23.1. The Labute approximate surface area is 126 Å². The fourth-order valence-corrected chi connectivity index (χ4v) is 3.86. The summed E-state index contributed by atoms with van der Waals surface area (Å²) >= 11 is 0. The third-order valence-corrected chi connectivity index (χ3v) is 5.27. The Kier molecular flexibility index (Phi) is 3.71. The monoisotopic (exact) mass is 282 g/mol. The van der Waals surface area contributed by atoms with Crippen LogP contribution in [0, 0.1) is 16.7 Å². The van der Waals surface area contributed by atoms with Crippen LogP contribution in [0.3, 0.4) is 0 Å². The number of hydrogen-bond acceptors (Lipinski definition) is 2. The van der Waals surface area contributed by atoms with Crippen molar-refractivity contribution >= 4 is 5.91 Å². The molecule has 0 aromatic heterocycles. The average Bonchev–Trinajstić information content (AvgIpc) is 3.03. The lowest BCUT2D eigenvalue weighted by atomic mass is 9.83. The number of amides is 1. The minimum absolute atomic E-state index is 0.0480. The maximum absolute atomic E-state index is 12.8. The van der Waals surface area contributed by atoms with Gasteiger partial charge in [0.1, 0.15) is 5.41 Å². The summed E-state index contributed by atoms with van der Waals surface area (Å²) in [6, 6.07) is 11.1. The lowest BCUT2D eigenvalue weighted by Crippen LogP contribution is -2.47. The van der Waals surface area contributed by atoms with E-state index < -0.39 is 5.41 Å². The summed E-state index contributed by atoms with van der Waals surface area (Å²) in [5.74, 6) is 0.0480. The van der Waals surface area contributed by atoms with E-state index in [1.165, 1.54) is 11.1 Å². The number of fused-ring (bicyclic) bond motifs is 1. The van der Waals surface area contributed by atoms with E-state index in [2.05, 4.69) is 30.3 Å². The van der Waals surface area contributed by atoms with E-state index in [4.69, 9.17) is 0 Å². The van der Waals surface area contributed by atoms with Gasteiger partial charge < -0.3 is 4.90 Å². The molecule has 0 radical (unpaired) electrons. The van der Waals surface area contributed by atoms with Crippen molar-refractivity contribution in [2.75, 3.05) is 7.05 Å². The summed E-state index contributed by atoms with van der Waals surface area (Å²) in [4.78, 5) is 14.7. The lowest BCUT2D eigenvalue weighted by molar-refractivity contribution is -0.139. The van der Waals surface area contributed by atoms with Crippen LogP contribution in [0.5, 0.6) is 0 Å². The second-order valence-electron chi connectivity index (χ2n) is 6.48. The quantitative estimate of drug-likeness (QED) is 0.836. The van der Waals surface area contributed by atoms with Gasteiger partial charge in [0.15, 0.2) is 0 Å². The molecular formula is C18H22N2O.